The summed E-state index contributed by atoms with van der Waals surface area (Å²) >= 11 is 1.64. The summed E-state index contributed by atoms with van der Waals surface area (Å²) in [5, 5.41) is 8.29. The molecule has 4 heteroatoms. The second-order valence-corrected chi connectivity index (χ2v) is 16.2. The molecular weight excluding hydrogens is 695 g/mol. The Hall–Kier alpha value is -3.52. The van der Waals surface area contributed by atoms with Crippen LogP contribution in [0.1, 0.15) is 24.0 Å². The van der Waals surface area contributed by atoms with Crippen LogP contribution in [0.3, 0.4) is 0 Å². The van der Waals surface area contributed by atoms with E-state index < -0.39 is 5.43 Å². The van der Waals surface area contributed by atoms with Crippen molar-refractivity contribution in [1.82, 2.24) is 0 Å². The van der Waals surface area contributed by atoms with Crippen molar-refractivity contribution >= 4 is 73.3 Å². The Kier molecular flexibility index (Phi) is 13.8. The van der Waals surface area contributed by atoms with E-state index >= 15 is 0 Å². The van der Waals surface area contributed by atoms with Gasteiger partial charge < -0.3 is 0 Å². The zero-order valence-corrected chi connectivity index (χ0v) is 30.5. The van der Waals surface area contributed by atoms with Crippen molar-refractivity contribution < 1.29 is 23.3 Å². The van der Waals surface area contributed by atoms with Crippen molar-refractivity contribution in [2.24, 2.45) is 0 Å². The Bertz CT molecular complexity index is 1870. The quantitative estimate of drug-likeness (QED) is 0.125. The summed E-state index contributed by atoms with van der Waals surface area (Å²) in [5.41, 5.74) is 4.78. The number of hydrogen-bond donors (Lipinski definition) is 0. The molecule has 0 aromatic heterocycles. The van der Waals surface area contributed by atoms with Crippen molar-refractivity contribution in [3.05, 3.63) is 193 Å². The molecule has 2 aliphatic carbocycles. The van der Waals surface area contributed by atoms with Gasteiger partial charge in [-0.1, -0.05) is 96.1 Å². The van der Waals surface area contributed by atoms with Crippen LogP contribution < -0.4 is 10.4 Å². The fourth-order valence-electron chi connectivity index (χ4n) is 5.50. The Labute approximate surface area is 300 Å². The van der Waals surface area contributed by atoms with Gasteiger partial charge in [-0.25, -0.2) is 12.2 Å². The predicted molar refractivity (Wildman–Crippen MR) is 201 cm³/mol. The summed E-state index contributed by atoms with van der Waals surface area (Å²) in [7, 11) is 0. The van der Waals surface area contributed by atoms with Gasteiger partial charge in [-0.05, 0) is 21.5 Å². The maximum absolute atomic E-state index is 3.22. The van der Waals surface area contributed by atoms with Gasteiger partial charge >= 0.3 is 99.8 Å². The van der Waals surface area contributed by atoms with Crippen LogP contribution >= 0.6 is 24.8 Å². The molecule has 0 bridgehead atoms. The van der Waals surface area contributed by atoms with Crippen molar-refractivity contribution in [3.63, 3.8) is 0 Å². The van der Waals surface area contributed by atoms with Crippen LogP contribution in [0, 0.1) is 12.2 Å². The van der Waals surface area contributed by atoms with Gasteiger partial charge in [0.1, 0.15) is 0 Å². The fourth-order valence-corrected chi connectivity index (χ4v) is 9.34. The van der Waals surface area contributed by atoms with E-state index in [0.717, 1.165) is 12.8 Å². The van der Waals surface area contributed by atoms with Crippen LogP contribution in [0.2, 0.25) is 0 Å². The molecule has 0 amide bonds. The molecule has 6 aromatic carbocycles. The van der Waals surface area contributed by atoms with E-state index in [1.165, 1.54) is 54.2 Å². The summed E-state index contributed by atoms with van der Waals surface area (Å²) in [6.45, 7) is 0. The summed E-state index contributed by atoms with van der Waals surface area (Å²) in [5.74, 6) is 0. The molecule has 0 radical (unpaired) electrons. The van der Waals surface area contributed by atoms with Crippen LogP contribution in [0.4, 0.5) is 0 Å². The number of rotatable bonds is 4. The van der Waals surface area contributed by atoms with Gasteiger partial charge in [-0.3, -0.25) is 12.2 Å². The average molecular weight is 729 g/mol. The predicted octanol–water partition coefficient (Wildman–Crippen LogP) is 10.2. The molecular formula is C42H34Cl2SiZr. The first-order valence-corrected chi connectivity index (χ1v) is 20.2. The normalized spacial score (nSPS) is 12.5. The van der Waals surface area contributed by atoms with Gasteiger partial charge in [0.15, 0.2) is 0 Å². The van der Waals surface area contributed by atoms with Gasteiger partial charge in [-0.2, -0.15) is 23.3 Å². The molecule has 0 fully saturated rings. The zero-order chi connectivity index (χ0) is 30.0. The van der Waals surface area contributed by atoms with Crippen molar-refractivity contribution in [3.8, 4) is 0 Å². The van der Waals surface area contributed by atoms with E-state index in [1.54, 1.807) is 23.3 Å². The van der Waals surface area contributed by atoms with Gasteiger partial charge in [0, 0.05) is 0 Å². The molecule has 0 N–H and O–H groups in total. The number of hydrogen-bond acceptors (Lipinski definition) is 0. The summed E-state index contributed by atoms with van der Waals surface area (Å²) in [4.78, 5) is 0. The number of benzene rings is 6. The van der Waals surface area contributed by atoms with E-state index in [9.17, 15) is 0 Å². The Balaban J connectivity index is 0.000000153. The first kappa shape index (κ1) is 35.3. The Morgan fingerprint density at radius 2 is 0.804 bits per heavy atom. The third-order valence-corrected chi connectivity index (χ3v) is 13.8. The average Bonchev–Trinajstić information content (AvgIpc) is 3.85. The van der Waals surface area contributed by atoms with Gasteiger partial charge in [0.25, 0.3) is 0 Å². The van der Waals surface area contributed by atoms with E-state index in [-0.39, 0.29) is 24.8 Å². The van der Waals surface area contributed by atoms with Gasteiger partial charge in [0.05, 0.1) is 0 Å². The first-order chi connectivity index (χ1) is 21.8. The minimum atomic E-state index is -0.455. The van der Waals surface area contributed by atoms with Gasteiger partial charge in [-0.15, -0.1) is 37.7 Å². The molecule has 2 aliphatic rings. The van der Waals surface area contributed by atoms with Crippen LogP contribution in [0.5, 0.6) is 0 Å². The van der Waals surface area contributed by atoms with Crippen LogP contribution in [0.25, 0.3) is 32.7 Å². The number of fused-ring (bicyclic) bond motifs is 2. The van der Waals surface area contributed by atoms with Crippen LogP contribution in [0.15, 0.2) is 170 Å². The topological polar surface area (TPSA) is 0 Å². The molecule has 46 heavy (non-hydrogen) atoms. The monoisotopic (exact) mass is 726 g/mol. The standard InChI is InChI=1S/2C15H11.C12H10Si.2ClH.Zr/c2*1-2-7-12(6-1)15-11-5-9-13-8-3-4-10-14(13)15;1-3-7-11(8-4-1)13-12-9-5-2-6-10-12;;;/h2*3-11H,1H2;1-10H;2*1H;/q2*-1;;;;+2. The minimum absolute atomic E-state index is 0. The maximum atomic E-state index is 3.22. The van der Waals surface area contributed by atoms with E-state index in [0.29, 0.717) is 0 Å². The molecule has 0 saturated heterocycles. The molecule has 8 rings (SSSR count). The Morgan fingerprint density at radius 3 is 1.20 bits per heavy atom. The molecule has 0 atom stereocenters. The zero-order valence-electron chi connectivity index (χ0n) is 25.4. The third-order valence-electron chi connectivity index (χ3n) is 7.72. The summed E-state index contributed by atoms with van der Waals surface area (Å²) in [6, 6.07) is 51.6. The van der Waals surface area contributed by atoms with Crippen LogP contribution in [-0.2, 0) is 23.3 Å². The second kappa shape index (κ2) is 18.0. The van der Waals surface area contributed by atoms with E-state index in [2.05, 4.69) is 182 Å². The second-order valence-electron chi connectivity index (χ2n) is 10.6. The SMILES string of the molecule is Cl.Cl.[C-]1=CC(c2cccc3ccccc23)=CC1.[C-]1=CC(c2cccc3ccccc23)=CC1.[Zr+2]=[Si](c1ccccc1)c1ccccc1. The van der Waals surface area contributed by atoms with Crippen molar-refractivity contribution in [2.75, 3.05) is 0 Å². The first-order valence-electron chi connectivity index (χ1n) is 15.0. The van der Waals surface area contributed by atoms with Crippen molar-refractivity contribution in [2.45, 2.75) is 12.8 Å². The number of allylic oxidation sites excluding steroid dienone is 8. The fraction of sp³-hybridized carbons (Fsp3) is 0.0476. The Morgan fingerprint density at radius 1 is 0.435 bits per heavy atom. The van der Waals surface area contributed by atoms with Gasteiger partial charge in [0.2, 0.25) is 0 Å². The molecule has 0 unspecified atom stereocenters. The molecule has 0 heterocycles. The van der Waals surface area contributed by atoms with E-state index in [1.807, 2.05) is 0 Å². The van der Waals surface area contributed by atoms with Crippen LogP contribution in [-0.4, -0.2) is 5.43 Å². The summed E-state index contributed by atoms with van der Waals surface area (Å²) in [6.07, 6.45) is 16.9. The molecule has 0 saturated carbocycles. The molecule has 0 aliphatic heterocycles. The third kappa shape index (κ3) is 8.84. The molecule has 0 spiro atoms. The molecule has 0 nitrogen and oxygen atoms in total. The summed E-state index contributed by atoms with van der Waals surface area (Å²) < 4.78 is 0. The van der Waals surface area contributed by atoms with E-state index in [4.69, 9.17) is 0 Å². The molecule has 224 valence electrons. The molecule has 6 aromatic rings. The van der Waals surface area contributed by atoms with Crippen molar-refractivity contribution in [1.29, 1.82) is 0 Å². The number of halogens is 2.